The Morgan fingerprint density at radius 1 is 1.15 bits per heavy atom. The van der Waals surface area contributed by atoms with Crippen molar-refractivity contribution >= 4 is 15.9 Å². The zero-order chi connectivity index (χ0) is 14.5. The molecule has 1 amide bonds. The third-order valence-corrected chi connectivity index (χ3v) is 5.17. The fourth-order valence-corrected chi connectivity index (χ4v) is 3.86. The second-order valence-electron chi connectivity index (χ2n) is 4.92. The summed E-state index contributed by atoms with van der Waals surface area (Å²) in [6.07, 6.45) is 1.44. The van der Waals surface area contributed by atoms with Crippen molar-refractivity contribution in [3.63, 3.8) is 0 Å². The summed E-state index contributed by atoms with van der Waals surface area (Å²) in [6.45, 7) is 3.67. The second kappa shape index (κ2) is 4.21. The Hall–Kier alpha value is -2.08. The zero-order valence-corrected chi connectivity index (χ0v) is 11.9. The lowest BCUT2D eigenvalue weighted by molar-refractivity contribution is 0.0958. The molecule has 1 unspecified atom stereocenters. The number of benzene rings is 1. The van der Waals surface area contributed by atoms with Crippen molar-refractivity contribution < 1.29 is 13.2 Å². The monoisotopic (exact) mass is 290 g/mol. The van der Waals surface area contributed by atoms with Gasteiger partial charge >= 0.3 is 0 Å². The molecule has 1 N–H and O–H groups in total. The van der Waals surface area contributed by atoms with E-state index in [0.717, 1.165) is 5.56 Å². The van der Waals surface area contributed by atoms with E-state index in [1.54, 1.807) is 37.3 Å². The predicted octanol–water partition coefficient (Wildman–Crippen LogP) is 1.84. The first-order valence-corrected chi connectivity index (χ1v) is 7.69. The maximum Gasteiger partial charge on any atom is 0.267 e. The Kier molecular flexibility index (Phi) is 2.72. The van der Waals surface area contributed by atoms with Gasteiger partial charge in [0.15, 0.2) is 0 Å². The highest BCUT2D eigenvalue weighted by Crippen LogP contribution is 2.29. The van der Waals surface area contributed by atoms with E-state index in [4.69, 9.17) is 0 Å². The molecule has 0 radical (unpaired) electrons. The molecule has 0 fully saturated rings. The van der Waals surface area contributed by atoms with E-state index >= 15 is 0 Å². The van der Waals surface area contributed by atoms with Gasteiger partial charge in [0.2, 0.25) is 0 Å². The first-order valence-electron chi connectivity index (χ1n) is 6.25. The van der Waals surface area contributed by atoms with Gasteiger partial charge in [-0.2, -0.15) is 0 Å². The number of hydrogen-bond donors (Lipinski definition) is 1. The third-order valence-electron chi connectivity index (χ3n) is 3.47. The molecule has 0 saturated heterocycles. The summed E-state index contributed by atoms with van der Waals surface area (Å²) in [5.41, 5.74) is 1.91. The number of amides is 1. The van der Waals surface area contributed by atoms with E-state index < -0.39 is 10.0 Å². The SMILES string of the molecule is Cc1ccc(S(=O)(=O)n2ccc3c2C(C)NC3=O)cc1. The highest BCUT2D eigenvalue weighted by molar-refractivity contribution is 7.90. The van der Waals surface area contributed by atoms with Crippen molar-refractivity contribution in [1.29, 1.82) is 0 Å². The van der Waals surface area contributed by atoms with E-state index in [0.29, 0.717) is 11.3 Å². The molecular weight excluding hydrogens is 276 g/mol. The molecule has 3 rings (SSSR count). The van der Waals surface area contributed by atoms with E-state index in [-0.39, 0.29) is 16.8 Å². The Morgan fingerprint density at radius 3 is 2.45 bits per heavy atom. The highest BCUT2D eigenvalue weighted by Gasteiger charge is 2.33. The number of nitrogens with one attached hydrogen (secondary N) is 1. The number of rotatable bonds is 2. The Balaban J connectivity index is 2.17. The van der Waals surface area contributed by atoms with Crippen LogP contribution >= 0.6 is 0 Å². The van der Waals surface area contributed by atoms with E-state index in [2.05, 4.69) is 5.32 Å². The molecule has 0 bridgehead atoms. The lowest BCUT2D eigenvalue weighted by Crippen LogP contribution is -2.20. The van der Waals surface area contributed by atoms with Crippen LogP contribution in [0.25, 0.3) is 0 Å². The quantitative estimate of drug-likeness (QED) is 0.917. The predicted molar refractivity (Wildman–Crippen MR) is 74.1 cm³/mol. The Labute approximate surface area is 117 Å². The van der Waals surface area contributed by atoms with E-state index in [1.165, 1.54) is 10.2 Å². The fraction of sp³-hybridized carbons (Fsp3) is 0.214. The average Bonchev–Trinajstić information content (AvgIpc) is 2.94. The van der Waals surface area contributed by atoms with Crippen LogP contribution in [-0.2, 0) is 10.0 Å². The summed E-state index contributed by atoms with van der Waals surface area (Å²) in [4.78, 5) is 11.9. The average molecular weight is 290 g/mol. The summed E-state index contributed by atoms with van der Waals surface area (Å²) in [5, 5.41) is 2.71. The number of hydrogen-bond acceptors (Lipinski definition) is 3. The van der Waals surface area contributed by atoms with Gasteiger partial charge in [0.05, 0.1) is 22.2 Å². The minimum absolute atomic E-state index is 0.216. The lowest BCUT2D eigenvalue weighted by Gasteiger charge is -2.12. The van der Waals surface area contributed by atoms with Gasteiger partial charge in [-0.15, -0.1) is 0 Å². The minimum atomic E-state index is -3.67. The highest BCUT2D eigenvalue weighted by atomic mass is 32.2. The molecule has 1 aromatic heterocycles. The number of carbonyl (C=O) groups excluding carboxylic acids is 1. The van der Waals surface area contributed by atoms with Crippen LogP contribution in [-0.4, -0.2) is 18.3 Å². The minimum Gasteiger partial charge on any atom is -0.344 e. The number of aryl methyl sites for hydroxylation is 1. The molecule has 0 aliphatic carbocycles. The Morgan fingerprint density at radius 2 is 1.80 bits per heavy atom. The van der Waals surface area contributed by atoms with Gasteiger partial charge in [-0.1, -0.05) is 17.7 Å². The van der Waals surface area contributed by atoms with Crippen molar-refractivity contribution in [2.24, 2.45) is 0 Å². The van der Waals surface area contributed by atoms with Gasteiger partial charge in [0.1, 0.15) is 0 Å². The molecule has 0 spiro atoms. The molecule has 0 saturated carbocycles. The van der Waals surface area contributed by atoms with E-state index in [1.807, 2.05) is 6.92 Å². The standard InChI is InChI=1S/C14H14N2O3S/c1-9-3-5-11(6-4-9)20(18,19)16-8-7-12-13(16)10(2)15-14(12)17/h3-8,10H,1-2H3,(H,15,17). The van der Waals surface area contributed by atoms with Crippen LogP contribution in [0.15, 0.2) is 41.4 Å². The molecule has 2 aromatic rings. The van der Waals surface area contributed by atoms with Gasteiger partial charge in [0.25, 0.3) is 15.9 Å². The summed E-state index contributed by atoms with van der Waals surface area (Å²) in [6, 6.07) is 7.89. The number of aromatic nitrogens is 1. The maximum atomic E-state index is 12.6. The Bertz CT molecular complexity index is 788. The van der Waals surface area contributed by atoms with Crippen LogP contribution < -0.4 is 5.32 Å². The molecule has 1 aliphatic rings. The summed E-state index contributed by atoms with van der Waals surface area (Å²) < 4.78 is 26.5. The smallest absolute Gasteiger partial charge is 0.267 e. The lowest BCUT2D eigenvalue weighted by atomic mass is 10.2. The topological polar surface area (TPSA) is 68.2 Å². The summed E-state index contributed by atoms with van der Waals surface area (Å²) in [5.74, 6) is -0.231. The van der Waals surface area contributed by atoms with Gasteiger partial charge in [-0.3, -0.25) is 4.79 Å². The van der Waals surface area contributed by atoms with Crippen LogP contribution in [0.4, 0.5) is 0 Å². The number of nitrogens with zero attached hydrogens (tertiary/aromatic N) is 1. The maximum absolute atomic E-state index is 12.6. The normalized spacial score (nSPS) is 17.9. The molecule has 20 heavy (non-hydrogen) atoms. The molecular formula is C14H14N2O3S. The van der Waals surface area contributed by atoms with Crippen LogP contribution in [0.1, 0.15) is 34.6 Å². The molecule has 5 nitrogen and oxygen atoms in total. The van der Waals surface area contributed by atoms with Crippen LogP contribution in [0.2, 0.25) is 0 Å². The fourth-order valence-electron chi connectivity index (χ4n) is 2.42. The molecule has 1 aromatic carbocycles. The van der Waals surface area contributed by atoms with Crippen molar-refractivity contribution in [2.75, 3.05) is 0 Å². The molecule has 104 valence electrons. The van der Waals surface area contributed by atoms with Gasteiger partial charge < -0.3 is 5.32 Å². The number of carbonyl (C=O) groups is 1. The van der Waals surface area contributed by atoms with Crippen LogP contribution in [0.3, 0.4) is 0 Å². The molecule has 2 heterocycles. The van der Waals surface area contributed by atoms with Crippen LogP contribution in [0.5, 0.6) is 0 Å². The molecule has 1 atom stereocenters. The van der Waals surface area contributed by atoms with Crippen molar-refractivity contribution in [2.45, 2.75) is 24.8 Å². The van der Waals surface area contributed by atoms with E-state index in [9.17, 15) is 13.2 Å². The van der Waals surface area contributed by atoms with Gasteiger partial charge in [0, 0.05) is 6.20 Å². The van der Waals surface area contributed by atoms with Crippen molar-refractivity contribution in [3.05, 3.63) is 53.3 Å². The second-order valence-corrected chi connectivity index (χ2v) is 6.74. The van der Waals surface area contributed by atoms with Crippen molar-refractivity contribution in [3.8, 4) is 0 Å². The van der Waals surface area contributed by atoms with Gasteiger partial charge in [-0.25, -0.2) is 12.4 Å². The largest absolute Gasteiger partial charge is 0.344 e. The zero-order valence-electron chi connectivity index (χ0n) is 11.1. The number of fused-ring (bicyclic) bond motifs is 1. The third kappa shape index (κ3) is 1.76. The molecule has 6 heteroatoms. The summed E-state index contributed by atoms with van der Waals surface area (Å²) >= 11 is 0. The van der Waals surface area contributed by atoms with Crippen molar-refractivity contribution in [1.82, 2.24) is 9.29 Å². The summed E-state index contributed by atoms with van der Waals surface area (Å²) in [7, 11) is -3.67. The first kappa shape index (κ1) is 12.9. The first-order chi connectivity index (χ1) is 9.41. The van der Waals surface area contributed by atoms with Crippen LogP contribution in [0, 0.1) is 6.92 Å². The molecule has 1 aliphatic heterocycles. The van der Waals surface area contributed by atoms with Gasteiger partial charge in [-0.05, 0) is 32.0 Å².